The first-order valence-electron chi connectivity index (χ1n) is 8.96. The van der Waals surface area contributed by atoms with Crippen LogP contribution in [-0.2, 0) is 0 Å². The van der Waals surface area contributed by atoms with Crippen LogP contribution in [0.5, 0.6) is 11.5 Å². The van der Waals surface area contributed by atoms with Crippen LogP contribution in [-0.4, -0.2) is 19.2 Å². The highest BCUT2D eigenvalue weighted by atomic mass is 16.5. The van der Waals surface area contributed by atoms with Gasteiger partial charge in [0.15, 0.2) is 11.5 Å². The first kappa shape index (κ1) is 17.2. The van der Waals surface area contributed by atoms with Gasteiger partial charge in [-0.1, -0.05) is 42.5 Å². The van der Waals surface area contributed by atoms with Gasteiger partial charge in [0, 0.05) is 11.6 Å². The predicted octanol–water partition coefficient (Wildman–Crippen LogP) is 5.58. The number of aromatic nitrogens is 1. The van der Waals surface area contributed by atoms with Gasteiger partial charge in [0.05, 0.1) is 20.3 Å². The maximum absolute atomic E-state index is 5.47. The second-order valence-corrected chi connectivity index (χ2v) is 6.52. The van der Waals surface area contributed by atoms with Crippen molar-refractivity contribution in [3.8, 4) is 11.5 Å². The number of anilines is 1. The van der Waals surface area contributed by atoms with Crippen molar-refractivity contribution >= 4 is 27.4 Å². The molecule has 0 aliphatic heterocycles. The lowest BCUT2D eigenvalue weighted by molar-refractivity contribution is 0.356. The van der Waals surface area contributed by atoms with E-state index in [2.05, 4.69) is 59.7 Å². The van der Waals surface area contributed by atoms with Crippen LogP contribution in [0.15, 0.2) is 66.9 Å². The molecule has 4 nitrogen and oxygen atoms in total. The van der Waals surface area contributed by atoms with Crippen LogP contribution in [0.25, 0.3) is 21.5 Å². The molecule has 0 saturated heterocycles. The number of hydrogen-bond donors (Lipinski definition) is 1. The highest BCUT2D eigenvalue weighted by molar-refractivity contribution is 5.94. The van der Waals surface area contributed by atoms with Crippen molar-refractivity contribution in [2.45, 2.75) is 13.0 Å². The minimum absolute atomic E-state index is 0.0993. The molecule has 0 aliphatic rings. The van der Waals surface area contributed by atoms with Gasteiger partial charge in [-0.3, -0.25) is 0 Å². The standard InChI is InChI=1S/C23H22N2O2/c1-15(18-10-6-8-16-7-4-5-9-19(16)18)25-23-20-14-22(27-3)21(26-2)13-17(20)11-12-24-23/h4-15H,1-3H3,(H,24,25)/t15-/m1/s1. The van der Waals surface area contributed by atoms with E-state index >= 15 is 0 Å². The molecule has 0 bridgehead atoms. The van der Waals surface area contributed by atoms with Crippen molar-refractivity contribution in [2.75, 3.05) is 19.5 Å². The van der Waals surface area contributed by atoms with Crippen LogP contribution in [0, 0.1) is 0 Å². The molecule has 1 N–H and O–H groups in total. The molecule has 4 aromatic rings. The Labute approximate surface area is 158 Å². The molecule has 0 spiro atoms. The summed E-state index contributed by atoms with van der Waals surface area (Å²) in [5.74, 6) is 2.23. The molecule has 0 amide bonds. The summed E-state index contributed by atoms with van der Waals surface area (Å²) in [6.07, 6.45) is 1.81. The molecule has 4 heteroatoms. The van der Waals surface area contributed by atoms with E-state index in [0.717, 1.165) is 16.6 Å². The summed E-state index contributed by atoms with van der Waals surface area (Å²) in [4.78, 5) is 4.58. The number of pyridine rings is 1. The van der Waals surface area contributed by atoms with Crippen LogP contribution in [0.4, 0.5) is 5.82 Å². The van der Waals surface area contributed by atoms with Gasteiger partial charge in [-0.2, -0.15) is 0 Å². The Hall–Kier alpha value is -3.27. The van der Waals surface area contributed by atoms with E-state index in [1.54, 1.807) is 14.2 Å². The quantitative estimate of drug-likeness (QED) is 0.506. The summed E-state index contributed by atoms with van der Waals surface area (Å²) in [7, 11) is 3.29. The molecule has 3 aromatic carbocycles. The Morgan fingerprint density at radius 2 is 1.56 bits per heavy atom. The molecule has 0 fully saturated rings. The average molecular weight is 358 g/mol. The molecule has 27 heavy (non-hydrogen) atoms. The summed E-state index contributed by atoms with van der Waals surface area (Å²) < 4.78 is 10.9. The van der Waals surface area contributed by atoms with Gasteiger partial charge in [0.2, 0.25) is 0 Å². The average Bonchev–Trinajstić information content (AvgIpc) is 2.72. The molecule has 1 heterocycles. The second-order valence-electron chi connectivity index (χ2n) is 6.52. The molecule has 0 radical (unpaired) electrons. The molecule has 0 unspecified atom stereocenters. The highest BCUT2D eigenvalue weighted by Crippen LogP contribution is 2.36. The minimum Gasteiger partial charge on any atom is -0.493 e. The monoisotopic (exact) mass is 358 g/mol. The van der Waals surface area contributed by atoms with E-state index in [-0.39, 0.29) is 6.04 Å². The minimum atomic E-state index is 0.0993. The number of ether oxygens (including phenoxy) is 2. The summed E-state index contributed by atoms with van der Waals surface area (Å²) >= 11 is 0. The third-order valence-corrected chi connectivity index (χ3v) is 4.91. The topological polar surface area (TPSA) is 43.4 Å². The van der Waals surface area contributed by atoms with E-state index in [4.69, 9.17) is 9.47 Å². The Bertz CT molecular complexity index is 1100. The Morgan fingerprint density at radius 3 is 2.37 bits per heavy atom. The van der Waals surface area contributed by atoms with Gasteiger partial charge in [-0.25, -0.2) is 4.98 Å². The lowest BCUT2D eigenvalue weighted by Gasteiger charge is -2.19. The van der Waals surface area contributed by atoms with Crippen LogP contribution in [0.1, 0.15) is 18.5 Å². The normalized spacial score (nSPS) is 12.1. The SMILES string of the molecule is COc1cc2ccnc(N[C@H](C)c3cccc4ccccc34)c2cc1OC. The van der Waals surface area contributed by atoms with E-state index in [0.29, 0.717) is 11.5 Å². The van der Waals surface area contributed by atoms with Crippen molar-refractivity contribution in [3.05, 3.63) is 72.4 Å². The van der Waals surface area contributed by atoms with Gasteiger partial charge in [0.1, 0.15) is 5.82 Å². The van der Waals surface area contributed by atoms with Crippen molar-refractivity contribution in [1.29, 1.82) is 0 Å². The van der Waals surface area contributed by atoms with Gasteiger partial charge < -0.3 is 14.8 Å². The predicted molar refractivity (Wildman–Crippen MR) is 111 cm³/mol. The fourth-order valence-corrected chi connectivity index (χ4v) is 3.53. The Morgan fingerprint density at radius 1 is 0.815 bits per heavy atom. The molecule has 136 valence electrons. The van der Waals surface area contributed by atoms with Crippen LogP contribution in [0.3, 0.4) is 0 Å². The number of rotatable bonds is 5. The Kier molecular flexibility index (Phi) is 4.55. The van der Waals surface area contributed by atoms with Crippen LogP contribution in [0.2, 0.25) is 0 Å². The molecule has 4 rings (SSSR count). The fraction of sp³-hybridized carbons (Fsp3) is 0.174. The van der Waals surface area contributed by atoms with E-state index in [9.17, 15) is 0 Å². The van der Waals surface area contributed by atoms with Gasteiger partial charge in [-0.15, -0.1) is 0 Å². The molecular weight excluding hydrogens is 336 g/mol. The third kappa shape index (κ3) is 3.14. The van der Waals surface area contributed by atoms with Crippen molar-refractivity contribution in [1.82, 2.24) is 4.98 Å². The molecule has 1 atom stereocenters. The molecular formula is C23H22N2O2. The molecule has 1 aromatic heterocycles. The number of benzene rings is 3. The maximum Gasteiger partial charge on any atom is 0.161 e. The number of nitrogens with one attached hydrogen (secondary N) is 1. The largest absolute Gasteiger partial charge is 0.493 e. The van der Waals surface area contributed by atoms with Gasteiger partial charge in [0.25, 0.3) is 0 Å². The lowest BCUT2D eigenvalue weighted by Crippen LogP contribution is -2.09. The van der Waals surface area contributed by atoms with E-state index in [1.807, 2.05) is 24.4 Å². The summed E-state index contributed by atoms with van der Waals surface area (Å²) in [5.41, 5.74) is 1.24. The van der Waals surface area contributed by atoms with Crippen LogP contribution >= 0.6 is 0 Å². The lowest BCUT2D eigenvalue weighted by atomic mass is 9.99. The second kappa shape index (κ2) is 7.16. The smallest absolute Gasteiger partial charge is 0.161 e. The van der Waals surface area contributed by atoms with Crippen LogP contribution < -0.4 is 14.8 Å². The number of nitrogens with zero attached hydrogens (tertiary/aromatic N) is 1. The number of fused-ring (bicyclic) bond motifs is 2. The van der Waals surface area contributed by atoms with Crippen molar-refractivity contribution < 1.29 is 9.47 Å². The Balaban J connectivity index is 1.76. The molecule has 0 aliphatic carbocycles. The number of methoxy groups -OCH3 is 2. The highest BCUT2D eigenvalue weighted by Gasteiger charge is 2.14. The van der Waals surface area contributed by atoms with E-state index < -0.39 is 0 Å². The summed E-state index contributed by atoms with van der Waals surface area (Å²) in [6.45, 7) is 2.16. The third-order valence-electron chi connectivity index (χ3n) is 4.91. The zero-order chi connectivity index (χ0) is 18.8. The summed E-state index contributed by atoms with van der Waals surface area (Å²) in [5, 5.41) is 8.11. The zero-order valence-electron chi connectivity index (χ0n) is 15.7. The first-order chi connectivity index (χ1) is 13.2. The van der Waals surface area contributed by atoms with Gasteiger partial charge in [-0.05, 0) is 46.8 Å². The van der Waals surface area contributed by atoms with E-state index in [1.165, 1.54) is 16.3 Å². The summed E-state index contributed by atoms with van der Waals surface area (Å²) in [6, 6.07) is 20.9. The van der Waals surface area contributed by atoms with Crippen molar-refractivity contribution in [2.24, 2.45) is 0 Å². The fourth-order valence-electron chi connectivity index (χ4n) is 3.53. The zero-order valence-corrected chi connectivity index (χ0v) is 15.7. The molecule has 0 saturated carbocycles. The maximum atomic E-state index is 5.47. The first-order valence-corrected chi connectivity index (χ1v) is 8.96. The van der Waals surface area contributed by atoms with Crippen molar-refractivity contribution in [3.63, 3.8) is 0 Å². The van der Waals surface area contributed by atoms with Gasteiger partial charge >= 0.3 is 0 Å². The number of hydrogen-bond acceptors (Lipinski definition) is 4.